The molecule has 0 saturated carbocycles. The fourth-order valence-corrected chi connectivity index (χ4v) is 20.6. The minimum atomic E-state index is -2.51. The number of fused-ring (bicyclic) bond motifs is 1. The van der Waals surface area contributed by atoms with Crippen LogP contribution in [0.1, 0.15) is 158 Å². The van der Waals surface area contributed by atoms with Gasteiger partial charge in [-0.15, -0.1) is 0 Å². The van der Waals surface area contributed by atoms with Gasteiger partial charge in [0.1, 0.15) is 35.4 Å². The molecule has 1 aromatic rings. The summed E-state index contributed by atoms with van der Waals surface area (Å²) in [7, 11) is -4.93. The molecule has 0 fully saturated rings. The Morgan fingerprint density at radius 1 is 0.818 bits per heavy atom. The lowest BCUT2D eigenvalue weighted by atomic mass is 9.77. The molecule has 0 saturated heterocycles. The van der Waals surface area contributed by atoms with Gasteiger partial charge in [0, 0.05) is 44.1 Å². The third-order valence-electron chi connectivity index (χ3n) is 12.6. The molecule has 0 bridgehead atoms. The number of allylic oxidation sites excluding steroid dienone is 1. The van der Waals surface area contributed by atoms with E-state index in [2.05, 4.69) is 133 Å². The van der Waals surface area contributed by atoms with Gasteiger partial charge in [0.2, 0.25) is 0 Å². The summed E-state index contributed by atoms with van der Waals surface area (Å²) in [6.45, 7) is 38.1. The van der Waals surface area contributed by atoms with Crippen molar-refractivity contribution in [1.29, 1.82) is 0 Å². The first-order valence-corrected chi connectivity index (χ1v) is 26.2. The van der Waals surface area contributed by atoms with Gasteiger partial charge >= 0.3 is 17.9 Å². The Hall–Kier alpha value is -1.87. The number of cyclic esters (lactones) is 1. The molecular weight excluding hydrogens is 840 g/mol. The maximum atomic E-state index is 14.5. The lowest BCUT2D eigenvalue weighted by molar-refractivity contribution is -0.163. The van der Waals surface area contributed by atoms with E-state index in [1.54, 1.807) is 0 Å². The van der Waals surface area contributed by atoms with Crippen LogP contribution in [0.5, 0.6) is 11.5 Å². The molecule has 0 N–H and O–H groups in total. The number of hydrogen-bond acceptors (Lipinski definition) is 8. The number of ether oxygens (including phenoxy) is 3. The molecule has 0 amide bonds. The highest BCUT2D eigenvalue weighted by Gasteiger charge is 2.51. The molecular formula is C44H75IO8Si2. The van der Waals surface area contributed by atoms with E-state index < -0.39 is 64.2 Å². The molecule has 1 heterocycles. The molecule has 8 nitrogen and oxygen atoms in total. The van der Waals surface area contributed by atoms with Crippen molar-refractivity contribution in [2.75, 3.05) is 0 Å². The maximum absolute atomic E-state index is 14.5. The molecule has 1 aliphatic rings. The zero-order valence-electron chi connectivity index (χ0n) is 37.5. The average molecular weight is 915 g/mol. The standard InChI is InChI=1S/C44H75IO8Si2/c1-26(2)54(27(3)4,28(5)6)52-39-24-40(53-55(29(7)8,30(9)10)31(11)12)42-36(32(39)13)23-37(51-43(42)48)33(14)38(49-34(15)46)25-41(50-35(16)47)44(17,18)21-19-20-22-45/h20,22,24,26-31,33,37-38,41H,19,21,23,25H2,1-18H3/t33-,37+,38-,41+/m0/s1. The molecule has 0 radical (unpaired) electrons. The van der Waals surface area contributed by atoms with Crippen molar-refractivity contribution < 1.29 is 37.4 Å². The number of carbonyl (C=O) groups is 3. The van der Waals surface area contributed by atoms with Gasteiger partial charge in [-0.25, -0.2) is 4.79 Å². The largest absolute Gasteiger partial charge is 0.542 e. The van der Waals surface area contributed by atoms with Crippen molar-refractivity contribution >= 4 is 57.1 Å². The Kier molecular flexibility index (Phi) is 18.1. The molecule has 0 spiro atoms. The molecule has 314 valence electrons. The predicted molar refractivity (Wildman–Crippen MR) is 239 cm³/mol. The number of rotatable bonds is 20. The van der Waals surface area contributed by atoms with Crippen LogP contribution >= 0.6 is 22.6 Å². The Balaban J connectivity index is 2.86. The summed E-state index contributed by atoms with van der Waals surface area (Å²) in [5.74, 6) is -0.343. The van der Waals surface area contributed by atoms with Crippen LogP contribution in [0.2, 0.25) is 33.2 Å². The molecule has 0 aromatic heterocycles. The van der Waals surface area contributed by atoms with Gasteiger partial charge in [-0.1, -0.05) is 133 Å². The molecule has 1 aromatic carbocycles. The van der Waals surface area contributed by atoms with Crippen molar-refractivity contribution in [2.24, 2.45) is 11.3 Å². The second-order valence-corrected chi connectivity index (χ2v) is 30.0. The fraction of sp³-hybridized carbons (Fsp3) is 0.750. The lowest BCUT2D eigenvalue weighted by Gasteiger charge is -2.45. The van der Waals surface area contributed by atoms with Crippen molar-refractivity contribution in [3.63, 3.8) is 0 Å². The second-order valence-electron chi connectivity index (χ2n) is 18.6. The first kappa shape index (κ1) is 49.3. The summed E-state index contributed by atoms with van der Waals surface area (Å²) in [5.41, 5.74) is 3.74. The first-order chi connectivity index (χ1) is 25.3. The third kappa shape index (κ3) is 11.2. The van der Waals surface area contributed by atoms with Crippen LogP contribution in [0.25, 0.3) is 0 Å². The van der Waals surface area contributed by atoms with E-state index in [0.29, 0.717) is 34.4 Å². The van der Waals surface area contributed by atoms with Crippen LogP contribution in [-0.2, 0) is 30.2 Å². The predicted octanol–water partition coefficient (Wildman–Crippen LogP) is 12.8. The zero-order chi connectivity index (χ0) is 42.4. The minimum Gasteiger partial charge on any atom is -0.542 e. The highest BCUT2D eigenvalue weighted by molar-refractivity contribution is 14.1. The van der Waals surface area contributed by atoms with Gasteiger partial charge in [0.25, 0.3) is 16.6 Å². The SMILES string of the molecule is CC(=O)O[C@@H](C[C@@H](OC(C)=O)C(C)(C)CCC=CI)[C@@H](C)[C@H]1Cc2c(C)c(O[Si](C(C)C)(C(C)C)C(C)C)cc(O[Si](C(C)C)(C(C)C)C(C)C)c2C(=O)O1. The monoisotopic (exact) mass is 914 g/mol. The minimum absolute atomic E-state index is 0.273. The second kappa shape index (κ2) is 20.2. The van der Waals surface area contributed by atoms with Crippen molar-refractivity contribution in [3.05, 3.63) is 32.9 Å². The number of halogens is 1. The summed E-state index contributed by atoms with van der Waals surface area (Å²) in [5, 5.41) is 0. The van der Waals surface area contributed by atoms with Crippen LogP contribution in [0.15, 0.2) is 16.2 Å². The van der Waals surface area contributed by atoms with Crippen molar-refractivity contribution in [2.45, 2.75) is 202 Å². The molecule has 55 heavy (non-hydrogen) atoms. The van der Waals surface area contributed by atoms with E-state index in [4.69, 9.17) is 23.1 Å². The quantitative estimate of drug-likeness (QED) is 0.0552. The van der Waals surface area contributed by atoms with Gasteiger partial charge in [-0.05, 0) is 68.2 Å². The van der Waals surface area contributed by atoms with E-state index in [9.17, 15) is 14.4 Å². The average Bonchev–Trinajstić information content (AvgIpc) is 3.04. The summed E-state index contributed by atoms with van der Waals surface area (Å²) in [4.78, 5) is 39.5. The van der Waals surface area contributed by atoms with Crippen LogP contribution in [0.4, 0.5) is 0 Å². The molecule has 2 rings (SSSR count). The smallest absolute Gasteiger partial charge is 0.342 e. The normalized spacial score (nSPS) is 17.3. The van der Waals surface area contributed by atoms with Gasteiger partial charge in [-0.3, -0.25) is 9.59 Å². The molecule has 0 unspecified atom stereocenters. The summed E-state index contributed by atoms with van der Waals surface area (Å²) >= 11 is 2.20. The maximum Gasteiger partial charge on any atom is 0.342 e. The van der Waals surface area contributed by atoms with E-state index in [0.717, 1.165) is 29.7 Å². The number of carbonyl (C=O) groups excluding carboxylic acids is 3. The Bertz CT molecular complexity index is 1460. The van der Waals surface area contributed by atoms with Gasteiger partial charge in [0.15, 0.2) is 0 Å². The van der Waals surface area contributed by atoms with Crippen LogP contribution in [-0.4, -0.2) is 52.9 Å². The van der Waals surface area contributed by atoms with Crippen LogP contribution in [0, 0.1) is 18.3 Å². The van der Waals surface area contributed by atoms with E-state index in [1.807, 2.05) is 17.1 Å². The van der Waals surface area contributed by atoms with Gasteiger partial charge in [0.05, 0.1) is 0 Å². The lowest BCUT2D eigenvalue weighted by Crippen LogP contribution is -2.52. The number of benzene rings is 1. The molecule has 1 aliphatic heterocycles. The number of esters is 3. The highest BCUT2D eigenvalue weighted by atomic mass is 127. The molecule has 11 heteroatoms. The van der Waals surface area contributed by atoms with Crippen molar-refractivity contribution in [3.8, 4) is 11.5 Å². The zero-order valence-corrected chi connectivity index (χ0v) is 41.6. The van der Waals surface area contributed by atoms with Crippen molar-refractivity contribution in [1.82, 2.24) is 0 Å². The van der Waals surface area contributed by atoms with E-state index in [1.165, 1.54) is 13.8 Å². The van der Waals surface area contributed by atoms with E-state index in [-0.39, 0.29) is 23.0 Å². The first-order valence-electron chi connectivity index (χ1n) is 20.7. The van der Waals surface area contributed by atoms with Gasteiger partial charge in [-0.2, -0.15) is 0 Å². The molecule has 0 aliphatic carbocycles. The van der Waals surface area contributed by atoms with E-state index >= 15 is 0 Å². The fourth-order valence-electron chi connectivity index (χ4n) is 9.71. The van der Waals surface area contributed by atoms with Crippen LogP contribution in [0.3, 0.4) is 0 Å². The Morgan fingerprint density at radius 2 is 1.27 bits per heavy atom. The Labute approximate surface area is 350 Å². The topological polar surface area (TPSA) is 97.4 Å². The third-order valence-corrected chi connectivity index (χ3v) is 25.1. The summed E-state index contributed by atoms with van der Waals surface area (Å²) < 4.78 is 35.1. The Morgan fingerprint density at radius 3 is 1.69 bits per heavy atom. The summed E-state index contributed by atoms with van der Waals surface area (Å²) in [6.07, 6.45) is 2.52. The summed E-state index contributed by atoms with van der Waals surface area (Å²) in [6, 6.07) is 2.00. The van der Waals surface area contributed by atoms with Crippen LogP contribution < -0.4 is 8.85 Å². The molecule has 4 atom stereocenters. The number of hydrogen-bond donors (Lipinski definition) is 0. The van der Waals surface area contributed by atoms with Gasteiger partial charge < -0.3 is 23.1 Å². The highest BCUT2D eigenvalue weighted by Crippen LogP contribution is 2.49.